The Morgan fingerprint density at radius 3 is 2.75 bits per heavy atom. The van der Waals surface area contributed by atoms with Crippen molar-refractivity contribution in [1.82, 2.24) is 19.5 Å². The van der Waals surface area contributed by atoms with Crippen LogP contribution in [0.1, 0.15) is 11.4 Å². The van der Waals surface area contributed by atoms with E-state index in [1.165, 1.54) is 0 Å². The van der Waals surface area contributed by atoms with Gasteiger partial charge >= 0.3 is 0 Å². The summed E-state index contributed by atoms with van der Waals surface area (Å²) in [4.78, 5) is 4.26. The van der Waals surface area contributed by atoms with Gasteiger partial charge in [0.1, 0.15) is 6.33 Å². The minimum atomic E-state index is -3.56. The number of nitrogens with zero attached hydrogens (tertiary/aromatic N) is 3. The monoisotopic (exact) mass is 295 g/mol. The highest BCUT2D eigenvalue weighted by Gasteiger charge is 2.16. The highest BCUT2D eigenvalue weighted by atomic mass is 32.2. The first-order valence-corrected chi connectivity index (χ1v) is 7.63. The summed E-state index contributed by atoms with van der Waals surface area (Å²) in [6, 6.07) is 6.69. The molecule has 2 rings (SSSR count). The Hall–Kier alpha value is -1.77. The summed E-state index contributed by atoms with van der Waals surface area (Å²) in [7, 11) is -1.80. The Morgan fingerprint density at radius 2 is 2.10 bits per heavy atom. The Labute approximate surface area is 117 Å². The lowest BCUT2D eigenvalue weighted by atomic mass is 10.2. The maximum Gasteiger partial charge on any atom is 0.240 e. The number of hydrogen-bond acceptors (Lipinski definition) is 5. The molecule has 0 aliphatic carbocycles. The number of benzene rings is 1. The molecule has 8 heteroatoms. The first kappa shape index (κ1) is 14.6. The molecule has 2 aromatic rings. The van der Waals surface area contributed by atoms with E-state index in [2.05, 4.69) is 14.8 Å². The molecule has 7 nitrogen and oxygen atoms in total. The molecule has 108 valence electrons. The standard InChI is InChI=1S/C12H17N5O2S/c1-17-9-14-12(16-17)6-7-15-20(18,19)11-5-3-2-4-10(11)8-13/h2-5,9,15H,6-8,13H2,1H3. The molecule has 0 amide bonds. The second-order valence-corrected chi connectivity index (χ2v) is 6.03. The van der Waals surface area contributed by atoms with Crippen LogP contribution in [-0.2, 0) is 30.0 Å². The van der Waals surface area contributed by atoms with Gasteiger partial charge in [0.05, 0.1) is 4.90 Å². The number of aryl methyl sites for hydroxylation is 1. The number of aromatic nitrogens is 3. The third kappa shape index (κ3) is 3.41. The summed E-state index contributed by atoms with van der Waals surface area (Å²) in [6.45, 7) is 0.421. The fourth-order valence-electron chi connectivity index (χ4n) is 1.81. The van der Waals surface area contributed by atoms with Gasteiger partial charge in [-0.25, -0.2) is 18.1 Å². The van der Waals surface area contributed by atoms with E-state index < -0.39 is 10.0 Å². The second kappa shape index (κ2) is 6.12. The molecule has 0 atom stereocenters. The van der Waals surface area contributed by atoms with Crippen LogP contribution in [0, 0.1) is 0 Å². The van der Waals surface area contributed by atoms with Crippen molar-refractivity contribution in [2.75, 3.05) is 6.54 Å². The van der Waals surface area contributed by atoms with Crippen LogP contribution in [0.4, 0.5) is 0 Å². The van der Waals surface area contributed by atoms with Gasteiger partial charge in [-0.2, -0.15) is 5.10 Å². The Balaban J connectivity index is 2.04. The molecule has 20 heavy (non-hydrogen) atoms. The zero-order valence-corrected chi connectivity index (χ0v) is 12.0. The summed E-state index contributed by atoms with van der Waals surface area (Å²) < 4.78 is 28.5. The minimum absolute atomic E-state index is 0.179. The van der Waals surface area contributed by atoms with Crippen LogP contribution in [0.2, 0.25) is 0 Å². The molecule has 1 aromatic heterocycles. The molecule has 0 aliphatic rings. The van der Waals surface area contributed by atoms with Gasteiger partial charge in [-0.1, -0.05) is 18.2 Å². The van der Waals surface area contributed by atoms with Gasteiger partial charge in [-0.3, -0.25) is 4.68 Å². The van der Waals surface area contributed by atoms with Gasteiger partial charge in [-0.15, -0.1) is 0 Å². The van der Waals surface area contributed by atoms with Crippen LogP contribution in [-0.4, -0.2) is 29.7 Å². The zero-order chi connectivity index (χ0) is 14.6. The average molecular weight is 295 g/mol. The van der Waals surface area contributed by atoms with Crippen molar-refractivity contribution >= 4 is 10.0 Å². The molecule has 1 aromatic carbocycles. The summed E-state index contributed by atoms with van der Waals surface area (Å²) in [5.74, 6) is 0.599. The lowest BCUT2D eigenvalue weighted by Crippen LogP contribution is -2.27. The SMILES string of the molecule is Cn1cnc(CCNS(=O)(=O)c2ccccc2CN)n1. The van der Waals surface area contributed by atoms with E-state index in [1.807, 2.05) is 0 Å². The van der Waals surface area contributed by atoms with Crippen molar-refractivity contribution in [2.24, 2.45) is 12.8 Å². The van der Waals surface area contributed by atoms with E-state index in [-0.39, 0.29) is 18.0 Å². The van der Waals surface area contributed by atoms with Crippen molar-refractivity contribution in [3.05, 3.63) is 42.0 Å². The van der Waals surface area contributed by atoms with Crippen LogP contribution in [0.3, 0.4) is 0 Å². The van der Waals surface area contributed by atoms with Gasteiger partial charge in [-0.05, 0) is 11.6 Å². The van der Waals surface area contributed by atoms with Crippen LogP contribution < -0.4 is 10.5 Å². The number of rotatable bonds is 6. The van der Waals surface area contributed by atoms with E-state index in [0.29, 0.717) is 17.8 Å². The van der Waals surface area contributed by atoms with Crippen LogP contribution in [0.5, 0.6) is 0 Å². The van der Waals surface area contributed by atoms with Crippen molar-refractivity contribution < 1.29 is 8.42 Å². The number of hydrogen-bond donors (Lipinski definition) is 2. The van der Waals surface area contributed by atoms with Crippen LogP contribution >= 0.6 is 0 Å². The molecule has 0 saturated heterocycles. The Kier molecular flexibility index (Phi) is 4.48. The highest BCUT2D eigenvalue weighted by molar-refractivity contribution is 7.89. The summed E-state index contributed by atoms with van der Waals surface area (Å²) in [5.41, 5.74) is 6.15. The van der Waals surface area contributed by atoms with E-state index in [9.17, 15) is 8.42 Å². The van der Waals surface area contributed by atoms with E-state index in [4.69, 9.17) is 5.73 Å². The molecule has 1 heterocycles. The number of sulfonamides is 1. The lowest BCUT2D eigenvalue weighted by molar-refractivity contribution is 0.579. The largest absolute Gasteiger partial charge is 0.326 e. The van der Waals surface area contributed by atoms with Gasteiger partial charge < -0.3 is 5.73 Å². The van der Waals surface area contributed by atoms with Crippen molar-refractivity contribution in [1.29, 1.82) is 0 Å². The Bertz CT molecular complexity index is 681. The highest BCUT2D eigenvalue weighted by Crippen LogP contribution is 2.14. The van der Waals surface area contributed by atoms with Gasteiger partial charge in [0.25, 0.3) is 0 Å². The first-order valence-electron chi connectivity index (χ1n) is 6.15. The quantitative estimate of drug-likeness (QED) is 0.768. The molecular formula is C12H17N5O2S. The molecule has 0 saturated carbocycles. The molecule has 0 radical (unpaired) electrons. The molecule has 3 N–H and O–H groups in total. The molecular weight excluding hydrogens is 278 g/mol. The summed E-state index contributed by atoms with van der Waals surface area (Å²) in [6.07, 6.45) is 2.01. The smallest absolute Gasteiger partial charge is 0.240 e. The molecule has 0 fully saturated rings. The van der Waals surface area contributed by atoms with Crippen molar-refractivity contribution in [3.63, 3.8) is 0 Å². The zero-order valence-electron chi connectivity index (χ0n) is 11.2. The maximum atomic E-state index is 12.2. The maximum absolute atomic E-state index is 12.2. The molecule has 0 unspecified atom stereocenters. The fourth-order valence-corrected chi connectivity index (χ4v) is 3.09. The van der Waals surface area contributed by atoms with Crippen LogP contribution in [0.25, 0.3) is 0 Å². The summed E-state index contributed by atoms with van der Waals surface area (Å²) >= 11 is 0. The van der Waals surface area contributed by atoms with E-state index >= 15 is 0 Å². The molecule has 0 aliphatic heterocycles. The number of nitrogens with two attached hydrogens (primary N) is 1. The molecule has 0 bridgehead atoms. The topological polar surface area (TPSA) is 103 Å². The van der Waals surface area contributed by atoms with E-state index in [0.717, 1.165) is 0 Å². The average Bonchev–Trinajstić information content (AvgIpc) is 2.84. The van der Waals surface area contributed by atoms with Crippen LogP contribution in [0.15, 0.2) is 35.5 Å². The second-order valence-electron chi connectivity index (χ2n) is 4.29. The predicted octanol–water partition coefficient (Wildman–Crippen LogP) is -0.205. The Morgan fingerprint density at radius 1 is 1.35 bits per heavy atom. The lowest BCUT2D eigenvalue weighted by Gasteiger charge is -2.09. The van der Waals surface area contributed by atoms with Crippen molar-refractivity contribution in [2.45, 2.75) is 17.9 Å². The van der Waals surface area contributed by atoms with Gasteiger partial charge in [0, 0.05) is 26.6 Å². The van der Waals surface area contributed by atoms with Gasteiger partial charge in [0.15, 0.2) is 5.82 Å². The fraction of sp³-hybridized carbons (Fsp3) is 0.333. The minimum Gasteiger partial charge on any atom is -0.326 e. The summed E-state index contributed by atoms with van der Waals surface area (Å²) in [5, 5.41) is 4.09. The normalized spacial score (nSPS) is 11.7. The molecule has 0 spiro atoms. The van der Waals surface area contributed by atoms with E-state index in [1.54, 1.807) is 42.3 Å². The van der Waals surface area contributed by atoms with Crippen molar-refractivity contribution in [3.8, 4) is 0 Å². The number of nitrogens with one attached hydrogen (secondary N) is 1. The third-order valence-electron chi connectivity index (χ3n) is 2.77. The predicted molar refractivity (Wildman–Crippen MR) is 74.2 cm³/mol. The first-order chi connectivity index (χ1) is 9.53. The van der Waals surface area contributed by atoms with Gasteiger partial charge in [0.2, 0.25) is 10.0 Å². The third-order valence-corrected chi connectivity index (χ3v) is 4.33.